The second-order valence-corrected chi connectivity index (χ2v) is 5.41. The minimum atomic E-state index is -0.846. The molecule has 0 saturated carbocycles. The second kappa shape index (κ2) is 7.12. The van der Waals surface area contributed by atoms with Gasteiger partial charge in [0.2, 0.25) is 0 Å². The second-order valence-electron chi connectivity index (χ2n) is 5.41. The van der Waals surface area contributed by atoms with Crippen LogP contribution in [0.5, 0.6) is 11.5 Å². The Bertz CT molecular complexity index is 778. The number of anilines is 1. The minimum Gasteiger partial charge on any atom is -0.497 e. The molecule has 7 heteroatoms. The molecule has 1 aliphatic rings. The summed E-state index contributed by atoms with van der Waals surface area (Å²) in [5.41, 5.74) is 1.21. The Kier molecular flexibility index (Phi) is 4.74. The van der Waals surface area contributed by atoms with Crippen LogP contribution in [-0.2, 0) is 9.53 Å². The number of hydrogen-bond acceptors (Lipinski definition) is 5. The lowest BCUT2D eigenvalue weighted by Gasteiger charge is -2.18. The molecule has 2 unspecified atom stereocenters. The number of carbonyl (C=O) groups excluding carboxylic acids is 2. The van der Waals surface area contributed by atoms with E-state index in [0.29, 0.717) is 17.2 Å². The van der Waals surface area contributed by atoms with Crippen molar-refractivity contribution in [3.63, 3.8) is 0 Å². The standard InChI is InChI=1S/C18H18N2O5/c1-23-12-8-9-13(14(10-12)24-2)19-17(21)15-16(25-18(22)20-15)11-6-4-3-5-7-11/h3-10,15-16H,1-2H3,(H,19,21)(H,20,22). The Balaban J connectivity index is 1.81. The Morgan fingerprint density at radius 2 is 1.88 bits per heavy atom. The molecule has 2 aromatic rings. The summed E-state index contributed by atoms with van der Waals surface area (Å²) in [4.78, 5) is 24.3. The van der Waals surface area contributed by atoms with Gasteiger partial charge in [-0.15, -0.1) is 0 Å². The molecule has 0 aromatic heterocycles. The van der Waals surface area contributed by atoms with E-state index in [0.717, 1.165) is 5.56 Å². The Morgan fingerprint density at radius 1 is 1.12 bits per heavy atom. The first-order chi connectivity index (χ1) is 12.1. The van der Waals surface area contributed by atoms with Crippen LogP contribution in [0.1, 0.15) is 11.7 Å². The molecule has 0 spiro atoms. The zero-order valence-corrected chi connectivity index (χ0v) is 13.8. The smallest absolute Gasteiger partial charge is 0.408 e. The first-order valence-corrected chi connectivity index (χ1v) is 7.67. The fourth-order valence-corrected chi connectivity index (χ4v) is 2.64. The zero-order chi connectivity index (χ0) is 17.8. The fourth-order valence-electron chi connectivity index (χ4n) is 2.64. The molecule has 1 heterocycles. The summed E-state index contributed by atoms with van der Waals surface area (Å²) >= 11 is 0. The topological polar surface area (TPSA) is 85.9 Å². The van der Waals surface area contributed by atoms with Crippen molar-refractivity contribution in [1.82, 2.24) is 5.32 Å². The Morgan fingerprint density at radius 3 is 2.56 bits per heavy atom. The number of alkyl carbamates (subject to hydrolysis) is 1. The molecule has 2 atom stereocenters. The highest BCUT2D eigenvalue weighted by Crippen LogP contribution is 2.31. The number of hydrogen-bond donors (Lipinski definition) is 2. The lowest BCUT2D eigenvalue weighted by molar-refractivity contribution is -0.119. The van der Waals surface area contributed by atoms with Gasteiger partial charge in [0.05, 0.1) is 19.9 Å². The number of cyclic esters (lactones) is 1. The average molecular weight is 342 g/mol. The van der Waals surface area contributed by atoms with E-state index in [2.05, 4.69) is 10.6 Å². The molecule has 2 aromatic carbocycles. The van der Waals surface area contributed by atoms with E-state index in [-0.39, 0.29) is 0 Å². The van der Waals surface area contributed by atoms with Crippen LogP contribution in [0.15, 0.2) is 48.5 Å². The molecule has 1 saturated heterocycles. The van der Waals surface area contributed by atoms with Crippen LogP contribution in [0.4, 0.5) is 10.5 Å². The van der Waals surface area contributed by atoms with Gasteiger partial charge in [-0.25, -0.2) is 4.79 Å². The maximum atomic E-state index is 12.7. The van der Waals surface area contributed by atoms with Crippen LogP contribution in [0.2, 0.25) is 0 Å². The lowest BCUT2D eigenvalue weighted by atomic mass is 10.0. The van der Waals surface area contributed by atoms with Gasteiger partial charge in [-0.1, -0.05) is 30.3 Å². The lowest BCUT2D eigenvalue weighted by Crippen LogP contribution is -2.40. The van der Waals surface area contributed by atoms with E-state index >= 15 is 0 Å². The predicted molar refractivity (Wildman–Crippen MR) is 90.8 cm³/mol. The maximum absolute atomic E-state index is 12.7. The van der Waals surface area contributed by atoms with Crippen LogP contribution in [0.3, 0.4) is 0 Å². The highest BCUT2D eigenvalue weighted by molar-refractivity contribution is 5.99. The van der Waals surface area contributed by atoms with Gasteiger partial charge in [0.1, 0.15) is 11.5 Å². The molecular weight excluding hydrogens is 324 g/mol. The van der Waals surface area contributed by atoms with E-state index in [9.17, 15) is 9.59 Å². The molecule has 2 amide bonds. The van der Waals surface area contributed by atoms with Crippen LogP contribution < -0.4 is 20.1 Å². The number of methoxy groups -OCH3 is 2. The first-order valence-electron chi connectivity index (χ1n) is 7.67. The predicted octanol–water partition coefficient (Wildman–Crippen LogP) is 2.49. The molecule has 1 fully saturated rings. The van der Waals surface area contributed by atoms with Crippen LogP contribution in [0.25, 0.3) is 0 Å². The van der Waals surface area contributed by atoms with Crippen molar-refractivity contribution >= 4 is 17.7 Å². The molecule has 0 aliphatic carbocycles. The molecule has 0 radical (unpaired) electrons. The van der Waals surface area contributed by atoms with Crippen molar-refractivity contribution in [2.24, 2.45) is 0 Å². The van der Waals surface area contributed by atoms with Gasteiger partial charge in [-0.05, 0) is 17.7 Å². The number of carbonyl (C=O) groups is 2. The molecular formula is C18H18N2O5. The quantitative estimate of drug-likeness (QED) is 0.872. The summed E-state index contributed by atoms with van der Waals surface area (Å²) in [5, 5.41) is 5.30. The van der Waals surface area contributed by atoms with Gasteiger partial charge >= 0.3 is 6.09 Å². The Labute approximate surface area is 144 Å². The average Bonchev–Trinajstić information content (AvgIpc) is 3.04. The van der Waals surface area contributed by atoms with Crippen molar-refractivity contribution in [3.8, 4) is 11.5 Å². The molecule has 25 heavy (non-hydrogen) atoms. The summed E-state index contributed by atoms with van der Waals surface area (Å²) < 4.78 is 15.7. The zero-order valence-electron chi connectivity index (χ0n) is 13.8. The summed E-state index contributed by atoms with van der Waals surface area (Å²) in [6, 6.07) is 13.3. The molecule has 3 rings (SSSR count). The van der Waals surface area contributed by atoms with Crippen molar-refractivity contribution in [1.29, 1.82) is 0 Å². The SMILES string of the molecule is COc1ccc(NC(=O)C2NC(=O)OC2c2ccccc2)c(OC)c1. The Hall–Kier alpha value is -3.22. The summed E-state index contributed by atoms with van der Waals surface area (Å²) in [6.45, 7) is 0. The van der Waals surface area contributed by atoms with E-state index < -0.39 is 24.1 Å². The summed E-state index contributed by atoms with van der Waals surface area (Å²) in [7, 11) is 3.04. The van der Waals surface area contributed by atoms with Crippen LogP contribution in [-0.4, -0.2) is 32.3 Å². The van der Waals surface area contributed by atoms with Gasteiger partial charge in [-0.3, -0.25) is 4.79 Å². The van der Waals surface area contributed by atoms with Crippen LogP contribution >= 0.6 is 0 Å². The number of amides is 2. The third-order valence-corrected chi connectivity index (χ3v) is 3.89. The maximum Gasteiger partial charge on any atom is 0.408 e. The first kappa shape index (κ1) is 16.6. The molecule has 2 N–H and O–H groups in total. The van der Waals surface area contributed by atoms with Gasteiger partial charge in [0.25, 0.3) is 5.91 Å². The minimum absolute atomic E-state index is 0.400. The van der Waals surface area contributed by atoms with E-state index in [1.165, 1.54) is 7.11 Å². The highest BCUT2D eigenvalue weighted by atomic mass is 16.6. The molecule has 130 valence electrons. The van der Waals surface area contributed by atoms with Crippen molar-refractivity contribution in [2.75, 3.05) is 19.5 Å². The third-order valence-electron chi connectivity index (χ3n) is 3.89. The number of ether oxygens (including phenoxy) is 3. The van der Waals surface area contributed by atoms with Gasteiger partial charge in [-0.2, -0.15) is 0 Å². The third kappa shape index (κ3) is 3.50. The van der Waals surface area contributed by atoms with Crippen LogP contribution in [0, 0.1) is 0 Å². The normalized spacial score (nSPS) is 18.9. The van der Waals surface area contributed by atoms with E-state index in [1.807, 2.05) is 18.2 Å². The number of benzene rings is 2. The van der Waals surface area contributed by atoms with E-state index in [1.54, 1.807) is 37.4 Å². The molecule has 7 nitrogen and oxygen atoms in total. The van der Waals surface area contributed by atoms with Gasteiger partial charge in [0.15, 0.2) is 12.1 Å². The molecule has 0 bridgehead atoms. The fraction of sp³-hybridized carbons (Fsp3) is 0.222. The van der Waals surface area contributed by atoms with E-state index in [4.69, 9.17) is 14.2 Å². The van der Waals surface area contributed by atoms with Crippen molar-refractivity contribution < 1.29 is 23.8 Å². The summed E-state index contributed by atoms with van der Waals surface area (Å²) in [6.07, 6.45) is -1.33. The van der Waals surface area contributed by atoms with Gasteiger partial charge < -0.3 is 24.8 Å². The summed E-state index contributed by atoms with van der Waals surface area (Å²) in [5.74, 6) is 0.659. The number of nitrogens with one attached hydrogen (secondary N) is 2. The van der Waals surface area contributed by atoms with Crippen molar-refractivity contribution in [3.05, 3.63) is 54.1 Å². The monoisotopic (exact) mass is 342 g/mol. The highest BCUT2D eigenvalue weighted by Gasteiger charge is 2.40. The number of rotatable bonds is 5. The van der Waals surface area contributed by atoms with Gasteiger partial charge in [0, 0.05) is 6.07 Å². The molecule has 1 aliphatic heterocycles. The van der Waals surface area contributed by atoms with Crippen molar-refractivity contribution in [2.45, 2.75) is 12.1 Å². The largest absolute Gasteiger partial charge is 0.497 e.